The summed E-state index contributed by atoms with van der Waals surface area (Å²) in [5.41, 5.74) is 14.7. The van der Waals surface area contributed by atoms with Crippen molar-refractivity contribution in [1.29, 1.82) is 0 Å². The average Bonchev–Trinajstić information content (AvgIpc) is 3.35. The molecule has 3 aliphatic rings. The number of hydrogen-bond acceptors (Lipinski definition) is 0. The van der Waals surface area contributed by atoms with Gasteiger partial charge in [-0.15, -0.1) is 0 Å². The summed E-state index contributed by atoms with van der Waals surface area (Å²) in [4.78, 5) is 0. The first-order valence-corrected chi connectivity index (χ1v) is 25.3. The van der Waals surface area contributed by atoms with Crippen LogP contribution in [0.15, 0.2) is 194 Å². The van der Waals surface area contributed by atoms with E-state index in [0.717, 1.165) is 19.5 Å². The van der Waals surface area contributed by atoms with Gasteiger partial charge in [-0.25, -0.2) is 13.7 Å². The van der Waals surface area contributed by atoms with E-state index < -0.39 is 20.7 Å². The van der Waals surface area contributed by atoms with Crippen molar-refractivity contribution < 1.29 is 48.3 Å². The molecule has 394 valence electrons. The molecule has 10 rings (SSSR count). The van der Waals surface area contributed by atoms with E-state index in [-0.39, 0.29) is 16.5 Å². The summed E-state index contributed by atoms with van der Waals surface area (Å²) in [5, 5.41) is 0. The lowest BCUT2D eigenvalue weighted by Gasteiger charge is -2.44. The second-order valence-electron chi connectivity index (χ2n) is 21.4. The van der Waals surface area contributed by atoms with Crippen LogP contribution in [0, 0.1) is 0 Å². The van der Waals surface area contributed by atoms with E-state index in [1.54, 1.807) is 0 Å². The molecule has 3 aliphatic heterocycles. The minimum atomic E-state index is -6.00. The largest absolute Gasteiger partial charge is 0.673 e. The molecule has 0 radical (unpaired) electrons. The van der Waals surface area contributed by atoms with E-state index in [1.165, 1.54) is 61.7 Å². The third-order valence-corrected chi connectivity index (χ3v) is 13.7. The van der Waals surface area contributed by atoms with Crippen LogP contribution in [0.4, 0.5) is 34.5 Å². The van der Waals surface area contributed by atoms with Crippen LogP contribution < -0.4 is 21.9 Å². The van der Waals surface area contributed by atoms with Gasteiger partial charge >= 0.3 is 14.5 Å². The Kier molecular flexibility index (Phi) is 20.2. The Hall–Kier alpha value is -6.82. The van der Waals surface area contributed by atoms with Gasteiger partial charge in [-0.2, -0.15) is 21.9 Å². The summed E-state index contributed by atoms with van der Waals surface area (Å²) in [7, 11) is -7.71. The standard InChI is InChI=1S/C24H20B.C13H18N.2C12H16N.2BF4/c1-5-13-21(14-6-1)25(22-15-7-2-8-16-22,23-17-9-3-10-18-23)24-19-11-4-12-20-24;1-13(2,3)14-9-8-11-6-4-5-7-12(11)10-14;1-12(2)9-13(3)8-10-6-4-5-7-11(10)12;1-12(2)8-10-6-4-5-7-11(10)9-13(12)3;2*2-1(3,4)5/h1-20H;4-7,10H,8-9H2,1-3H3;4-8H,9H2,1-3H3;4-7,9H,8H2,1-3H3;;/q-1;3*+1;2*-1. The number of nitrogens with zero attached hydrogens (tertiary/aromatic N) is 3. The Labute approximate surface area is 440 Å². The van der Waals surface area contributed by atoms with Crippen molar-refractivity contribution in [3.63, 3.8) is 0 Å². The fourth-order valence-corrected chi connectivity index (χ4v) is 10.0. The van der Waals surface area contributed by atoms with E-state index in [0.29, 0.717) is 0 Å². The Balaban J connectivity index is 0.000000181. The maximum atomic E-state index is 9.75. The van der Waals surface area contributed by atoms with Crippen molar-refractivity contribution in [3.8, 4) is 0 Å². The predicted octanol–water partition coefficient (Wildman–Crippen LogP) is 12.3. The third-order valence-electron chi connectivity index (χ3n) is 13.7. The molecule has 3 nitrogen and oxygen atoms in total. The van der Waals surface area contributed by atoms with E-state index in [9.17, 15) is 34.5 Å². The molecule has 0 aromatic heterocycles. The van der Waals surface area contributed by atoms with Crippen molar-refractivity contribution in [2.75, 3.05) is 27.2 Å². The topological polar surface area (TPSA) is 9.03 Å². The van der Waals surface area contributed by atoms with Gasteiger partial charge in [-0.05, 0) is 69.5 Å². The summed E-state index contributed by atoms with van der Waals surface area (Å²) in [6.45, 7) is 18.2. The first kappa shape index (κ1) is 59.1. The van der Waals surface area contributed by atoms with Crippen LogP contribution >= 0.6 is 0 Å². The number of benzene rings is 7. The third kappa shape index (κ3) is 17.6. The molecule has 7 aromatic carbocycles. The maximum absolute atomic E-state index is 9.75. The monoisotopic (exact) mass is 1030 g/mol. The fourth-order valence-electron chi connectivity index (χ4n) is 10.0. The summed E-state index contributed by atoms with van der Waals surface area (Å²) in [6, 6.07) is 69.5. The maximum Gasteiger partial charge on any atom is 0.673 e. The van der Waals surface area contributed by atoms with Crippen molar-refractivity contribution in [3.05, 3.63) is 228 Å². The molecule has 14 heteroatoms. The Morgan fingerprint density at radius 3 is 1.19 bits per heavy atom. The quantitative estimate of drug-likeness (QED) is 0.0944. The van der Waals surface area contributed by atoms with Crippen molar-refractivity contribution in [2.45, 2.75) is 77.8 Å². The van der Waals surface area contributed by atoms with Gasteiger partial charge in [0.1, 0.15) is 26.8 Å². The van der Waals surface area contributed by atoms with Gasteiger partial charge in [-0.1, -0.05) is 176 Å². The zero-order valence-electron chi connectivity index (χ0n) is 44.6. The highest BCUT2D eigenvalue weighted by molar-refractivity contribution is 7.19. The second kappa shape index (κ2) is 25.6. The molecule has 0 fully saturated rings. The number of hydrogen-bond donors (Lipinski definition) is 0. The lowest BCUT2D eigenvalue weighted by Crippen LogP contribution is -2.74. The first-order chi connectivity index (χ1) is 35.2. The smallest absolute Gasteiger partial charge is 0.418 e. The van der Waals surface area contributed by atoms with Gasteiger partial charge in [0.05, 0.1) is 0 Å². The number of rotatable bonds is 4. The van der Waals surface area contributed by atoms with Crippen LogP contribution in [-0.4, -0.2) is 91.3 Å². The molecule has 0 amide bonds. The van der Waals surface area contributed by atoms with Gasteiger partial charge in [-0.3, -0.25) is 0 Å². The molecule has 7 aromatic rings. The highest BCUT2D eigenvalue weighted by Gasteiger charge is 2.34. The van der Waals surface area contributed by atoms with Crippen LogP contribution in [0.1, 0.15) is 81.8 Å². The summed E-state index contributed by atoms with van der Waals surface area (Å²) >= 11 is 0. The van der Waals surface area contributed by atoms with Gasteiger partial charge in [0.15, 0.2) is 36.3 Å². The lowest BCUT2D eigenvalue weighted by molar-refractivity contribution is -0.593. The molecule has 3 heterocycles. The zero-order chi connectivity index (χ0) is 55.1. The number of fused-ring (bicyclic) bond motifs is 3. The highest BCUT2D eigenvalue weighted by Crippen LogP contribution is 2.28. The van der Waals surface area contributed by atoms with Gasteiger partial charge in [0, 0.05) is 48.8 Å². The Bertz CT molecular complexity index is 2800. The van der Waals surface area contributed by atoms with Crippen LogP contribution in [0.2, 0.25) is 0 Å². The van der Waals surface area contributed by atoms with Gasteiger partial charge < -0.3 is 34.5 Å². The lowest BCUT2D eigenvalue weighted by atomic mass is 9.13. The molecular weight excluding hydrogens is 959 g/mol. The normalized spacial score (nSPS) is 15.0. The van der Waals surface area contributed by atoms with Crippen molar-refractivity contribution >= 4 is 61.1 Å². The van der Waals surface area contributed by atoms with Gasteiger partial charge in [0.25, 0.3) is 0 Å². The zero-order valence-corrected chi connectivity index (χ0v) is 44.6. The minimum absolute atomic E-state index is 0.244. The molecule has 0 bridgehead atoms. The SMILES string of the molecule is CC(C)(C)[N+]1=Cc2ccccc2CC1.C[N+]1=Cc2ccccc2C(C)(C)C1.C[N+]1=Cc2ccccc2CC1(C)C.F[B-](F)(F)F.F[B-](F)(F)F.c1ccc([B-](c2ccccc2)(c2ccccc2)c2ccccc2)cc1. The van der Waals surface area contributed by atoms with Crippen LogP contribution in [0.3, 0.4) is 0 Å². The van der Waals surface area contributed by atoms with Crippen LogP contribution in [0.5, 0.6) is 0 Å². The number of halogens is 8. The van der Waals surface area contributed by atoms with Crippen molar-refractivity contribution in [2.24, 2.45) is 0 Å². The molecule has 0 saturated carbocycles. The van der Waals surface area contributed by atoms with Crippen LogP contribution in [0.25, 0.3) is 0 Å². The minimum Gasteiger partial charge on any atom is -0.418 e. The highest BCUT2D eigenvalue weighted by atomic mass is 19.5. The van der Waals surface area contributed by atoms with E-state index in [4.69, 9.17) is 0 Å². The summed E-state index contributed by atoms with van der Waals surface area (Å²) < 4.78 is 85.0. The van der Waals surface area contributed by atoms with Gasteiger partial charge in [0.2, 0.25) is 0 Å². The molecule has 0 N–H and O–H groups in total. The van der Waals surface area contributed by atoms with Crippen LogP contribution in [-0.2, 0) is 18.3 Å². The second-order valence-corrected chi connectivity index (χ2v) is 21.4. The number of likely N-dealkylation sites (N-methyl/N-ethyl adjacent to an activating group) is 2. The first-order valence-electron chi connectivity index (χ1n) is 25.3. The summed E-state index contributed by atoms with van der Waals surface area (Å²) in [5.74, 6) is 0. The molecule has 0 unspecified atom stereocenters. The molecular formula is C61H70B3F8N3. The average molecular weight is 1030 g/mol. The van der Waals surface area contributed by atoms with E-state index >= 15 is 0 Å². The van der Waals surface area contributed by atoms with Crippen molar-refractivity contribution in [1.82, 2.24) is 0 Å². The predicted molar refractivity (Wildman–Crippen MR) is 302 cm³/mol. The summed E-state index contributed by atoms with van der Waals surface area (Å²) in [6.07, 6.45) is 7.84. The molecule has 0 spiro atoms. The Morgan fingerprint density at radius 1 is 0.427 bits per heavy atom. The van der Waals surface area contributed by atoms with E-state index in [1.807, 2.05) is 0 Å². The molecule has 0 atom stereocenters. The van der Waals surface area contributed by atoms with E-state index in [2.05, 4.69) is 289 Å². The molecule has 0 aliphatic carbocycles. The molecule has 75 heavy (non-hydrogen) atoms. The molecule has 0 saturated heterocycles. The fraction of sp³-hybridized carbons (Fsp3) is 0.262. The Morgan fingerprint density at radius 2 is 0.773 bits per heavy atom.